The molecule has 1 amide bonds. The average Bonchev–Trinajstić information content (AvgIpc) is 3.32. The van der Waals surface area contributed by atoms with Gasteiger partial charge in [0.15, 0.2) is 34.7 Å². The number of nitrogens with two attached hydrogens (primary N) is 1. The molecule has 1 aromatic carbocycles. The molecule has 10 nitrogen and oxygen atoms in total. The number of aliphatic hydroxyl groups is 1. The van der Waals surface area contributed by atoms with Gasteiger partial charge in [0.1, 0.15) is 11.6 Å². The van der Waals surface area contributed by atoms with Crippen LogP contribution in [0.25, 0.3) is 0 Å². The third-order valence-electron chi connectivity index (χ3n) is 8.46. The number of nitrogens with one attached hydrogen (secondary N) is 1. The fourth-order valence-corrected chi connectivity index (χ4v) is 6.87. The number of ketones is 4. The molecule has 0 radical (unpaired) electrons. The van der Waals surface area contributed by atoms with Crippen LogP contribution < -0.4 is 11.1 Å². The first kappa shape index (κ1) is 24.7. The molecule has 192 valence electrons. The minimum atomic E-state index is -2.79. The number of halogens is 1. The first-order valence-corrected chi connectivity index (χ1v) is 12.0. The number of hydrogen-bond acceptors (Lipinski definition) is 9. The summed E-state index contributed by atoms with van der Waals surface area (Å²) in [5.41, 5.74) is 2.40. The Kier molecular flexibility index (Phi) is 5.66. The summed E-state index contributed by atoms with van der Waals surface area (Å²) in [5.74, 6) is -12.2. The van der Waals surface area contributed by atoms with Crippen molar-refractivity contribution in [1.29, 1.82) is 0 Å². The Morgan fingerprint density at radius 3 is 2.50 bits per heavy atom. The topological polar surface area (TPSA) is 167 Å². The maximum atomic E-state index is 15.7. The number of benzene rings is 1. The van der Waals surface area contributed by atoms with Crippen LogP contribution in [0.1, 0.15) is 46.8 Å². The molecule has 4 aliphatic rings. The quantitative estimate of drug-likeness (QED) is 0.397. The fourth-order valence-electron chi connectivity index (χ4n) is 6.87. The Balaban J connectivity index is 1.63. The maximum Gasteiger partial charge on any atom is 0.235 e. The van der Waals surface area contributed by atoms with Crippen LogP contribution in [0.4, 0.5) is 4.39 Å². The normalized spacial score (nSPS) is 36.0. The lowest BCUT2D eigenvalue weighted by molar-refractivity contribution is -0.181. The first-order valence-electron chi connectivity index (χ1n) is 12.0. The second-order valence-electron chi connectivity index (χ2n) is 10.6. The van der Waals surface area contributed by atoms with Gasteiger partial charge in [-0.05, 0) is 58.3 Å². The molecular formula is C25H28FN3O7. The van der Waals surface area contributed by atoms with Gasteiger partial charge >= 0.3 is 0 Å². The van der Waals surface area contributed by atoms with E-state index in [9.17, 15) is 34.2 Å². The molecule has 0 aromatic heterocycles. The number of primary amides is 1. The summed E-state index contributed by atoms with van der Waals surface area (Å²) in [7, 11) is 3.01. The highest BCUT2D eigenvalue weighted by molar-refractivity contribution is 6.32. The zero-order chi connectivity index (χ0) is 26.3. The van der Waals surface area contributed by atoms with Crippen molar-refractivity contribution in [1.82, 2.24) is 10.2 Å². The third-order valence-corrected chi connectivity index (χ3v) is 8.46. The fraction of sp³-hybridized carbons (Fsp3) is 0.560. The van der Waals surface area contributed by atoms with E-state index in [2.05, 4.69) is 5.32 Å². The highest BCUT2D eigenvalue weighted by Gasteiger charge is 2.69. The number of phenolic OH excluding ortho intramolecular Hbond substituents is 1. The van der Waals surface area contributed by atoms with Crippen LogP contribution in [0, 0.1) is 29.5 Å². The number of phenols is 1. The van der Waals surface area contributed by atoms with Crippen LogP contribution in [0.2, 0.25) is 0 Å². The van der Waals surface area contributed by atoms with Gasteiger partial charge in [0, 0.05) is 23.1 Å². The summed E-state index contributed by atoms with van der Waals surface area (Å²) >= 11 is 0. The number of carbonyl (C=O) groups is 5. The van der Waals surface area contributed by atoms with Crippen molar-refractivity contribution in [3.63, 3.8) is 0 Å². The van der Waals surface area contributed by atoms with Crippen LogP contribution in [0.5, 0.6) is 5.75 Å². The number of rotatable bonds is 3. The molecule has 5 rings (SSSR count). The molecule has 7 unspecified atom stereocenters. The van der Waals surface area contributed by atoms with Crippen LogP contribution in [0.15, 0.2) is 6.07 Å². The van der Waals surface area contributed by atoms with Crippen LogP contribution in [-0.4, -0.2) is 76.4 Å². The van der Waals surface area contributed by atoms with Crippen molar-refractivity contribution >= 4 is 29.0 Å². The van der Waals surface area contributed by atoms with E-state index in [1.807, 2.05) is 0 Å². The summed E-state index contributed by atoms with van der Waals surface area (Å²) in [4.78, 5) is 66.9. The van der Waals surface area contributed by atoms with Crippen LogP contribution >= 0.6 is 0 Å². The predicted molar refractivity (Wildman–Crippen MR) is 121 cm³/mol. The van der Waals surface area contributed by atoms with Gasteiger partial charge in [0.2, 0.25) is 5.91 Å². The highest BCUT2D eigenvalue weighted by atomic mass is 19.1. The van der Waals surface area contributed by atoms with Gasteiger partial charge in [-0.2, -0.15) is 0 Å². The van der Waals surface area contributed by atoms with Crippen molar-refractivity contribution in [3.8, 4) is 5.75 Å². The van der Waals surface area contributed by atoms with E-state index < -0.39 is 75.9 Å². The molecule has 2 saturated carbocycles. The maximum absolute atomic E-state index is 15.7. The molecular weight excluding hydrogens is 473 g/mol. The average molecular weight is 502 g/mol. The van der Waals surface area contributed by atoms with E-state index in [0.717, 1.165) is 6.42 Å². The van der Waals surface area contributed by atoms with E-state index in [1.165, 1.54) is 25.1 Å². The smallest absolute Gasteiger partial charge is 0.235 e. The lowest BCUT2D eigenvalue weighted by Crippen LogP contribution is -2.74. The lowest BCUT2D eigenvalue weighted by Gasteiger charge is -2.52. The molecule has 1 heterocycles. The molecule has 0 spiro atoms. The molecule has 1 aliphatic heterocycles. The van der Waals surface area contributed by atoms with E-state index in [4.69, 9.17) is 5.73 Å². The number of carbonyl (C=O) groups excluding carboxylic acids is 5. The van der Waals surface area contributed by atoms with Crippen molar-refractivity contribution in [2.24, 2.45) is 29.4 Å². The summed E-state index contributed by atoms with van der Waals surface area (Å²) in [6, 6.07) is -0.320. The highest BCUT2D eigenvalue weighted by Crippen LogP contribution is 2.51. The standard InChI is InChI=1S/C25H28FN3O7/c1-29(2)19-12-7-9-6-11-16(14(30)8-10(18(11)26)13-4-3-5-28-13)20(31)15(9)22(33)25(12,36)23(34)17(21(19)32)24(27)35/h8-9,12-13,15,17,19,28,30,36H,3-7H2,1-2H3,(H2,27,35). The summed E-state index contributed by atoms with van der Waals surface area (Å²) < 4.78 is 15.7. The van der Waals surface area contributed by atoms with Gasteiger partial charge in [-0.15, -0.1) is 0 Å². The van der Waals surface area contributed by atoms with E-state index >= 15 is 4.39 Å². The SMILES string of the molecule is CN(C)C1C(=O)C(C(N)=O)C(=O)C2(O)C(=O)C3C(=O)c4c(O)cc(C5CCCN5)c(F)c4CC3CC12. The van der Waals surface area contributed by atoms with E-state index in [-0.39, 0.29) is 35.6 Å². The molecule has 1 aromatic rings. The van der Waals surface area contributed by atoms with Gasteiger partial charge in [0.25, 0.3) is 0 Å². The summed E-state index contributed by atoms with van der Waals surface area (Å²) in [6.07, 6.45) is 1.29. The van der Waals surface area contributed by atoms with Gasteiger partial charge < -0.3 is 21.3 Å². The monoisotopic (exact) mass is 501 g/mol. The minimum Gasteiger partial charge on any atom is -0.507 e. The molecule has 5 N–H and O–H groups in total. The van der Waals surface area contributed by atoms with Gasteiger partial charge in [-0.3, -0.25) is 28.9 Å². The molecule has 11 heteroatoms. The van der Waals surface area contributed by atoms with Crippen LogP contribution in [-0.2, 0) is 25.6 Å². The van der Waals surface area contributed by atoms with E-state index in [1.54, 1.807) is 0 Å². The zero-order valence-electron chi connectivity index (χ0n) is 19.9. The summed E-state index contributed by atoms with van der Waals surface area (Å²) in [6.45, 7) is 0.695. The summed E-state index contributed by atoms with van der Waals surface area (Å²) in [5, 5.41) is 25.4. The van der Waals surface area contributed by atoms with Crippen molar-refractivity contribution < 1.29 is 38.6 Å². The Hall–Kier alpha value is -3.02. The minimum absolute atomic E-state index is 0.00642. The third kappa shape index (κ3) is 3.15. The van der Waals surface area contributed by atoms with Gasteiger partial charge in [-0.25, -0.2) is 4.39 Å². The van der Waals surface area contributed by atoms with E-state index in [0.29, 0.717) is 13.0 Å². The van der Waals surface area contributed by atoms with Crippen molar-refractivity contribution in [2.75, 3.05) is 20.6 Å². The Labute approximate surface area is 206 Å². The number of aromatic hydroxyl groups is 1. The second kappa shape index (κ2) is 8.25. The Morgan fingerprint density at radius 2 is 1.92 bits per heavy atom. The van der Waals surface area contributed by atoms with Gasteiger partial charge in [0.05, 0.1) is 17.5 Å². The van der Waals surface area contributed by atoms with Crippen LogP contribution in [0.3, 0.4) is 0 Å². The van der Waals surface area contributed by atoms with Crippen molar-refractivity contribution in [3.05, 3.63) is 28.6 Å². The first-order chi connectivity index (χ1) is 16.9. The Morgan fingerprint density at radius 1 is 1.22 bits per heavy atom. The second-order valence-corrected chi connectivity index (χ2v) is 10.6. The Bertz CT molecular complexity index is 1220. The number of amides is 1. The number of hydrogen-bond donors (Lipinski definition) is 4. The molecule has 0 bridgehead atoms. The molecule has 7 atom stereocenters. The van der Waals surface area contributed by atoms with Crippen molar-refractivity contribution in [2.45, 2.75) is 43.4 Å². The molecule has 3 aliphatic carbocycles. The molecule has 1 saturated heterocycles. The van der Waals surface area contributed by atoms with Gasteiger partial charge in [-0.1, -0.05) is 0 Å². The number of nitrogens with zero attached hydrogens (tertiary/aromatic N) is 1. The predicted octanol–water partition coefficient (Wildman–Crippen LogP) is -0.569. The largest absolute Gasteiger partial charge is 0.507 e. The number of fused-ring (bicyclic) bond motifs is 3. The number of Topliss-reactive ketones (excluding diaryl/α,β-unsaturated/α-hetero) is 4. The zero-order valence-corrected chi connectivity index (χ0v) is 19.9. The molecule has 36 heavy (non-hydrogen) atoms. The lowest BCUT2D eigenvalue weighted by atomic mass is 9.52. The molecule has 3 fully saturated rings. The number of likely N-dealkylation sites (N-methyl/N-ethyl adjacent to an activating group) is 1.